The van der Waals surface area contributed by atoms with Gasteiger partial charge in [0.2, 0.25) is 5.91 Å². The van der Waals surface area contributed by atoms with Gasteiger partial charge in [-0.05, 0) is 50.3 Å². The van der Waals surface area contributed by atoms with Gasteiger partial charge < -0.3 is 19.9 Å². The number of pyridine rings is 1. The minimum Gasteiger partial charge on any atom is -0.354 e. The zero-order valence-electron chi connectivity index (χ0n) is 14.9. The van der Waals surface area contributed by atoms with Crippen LogP contribution in [0, 0.1) is 5.92 Å². The molecule has 2 N–H and O–H groups in total. The SMILES string of the molecule is O=C(NCC1CCCN(C(=O)c2ccc3nccn3c2)C1)C1CCCN1. The lowest BCUT2D eigenvalue weighted by atomic mass is 9.97. The number of fused-ring (bicyclic) bond motifs is 1. The molecule has 138 valence electrons. The number of nitrogens with zero attached hydrogens (tertiary/aromatic N) is 3. The number of rotatable bonds is 4. The highest BCUT2D eigenvalue weighted by Crippen LogP contribution is 2.19. The van der Waals surface area contributed by atoms with E-state index in [2.05, 4.69) is 15.6 Å². The van der Waals surface area contributed by atoms with Crippen LogP contribution in [0.25, 0.3) is 5.65 Å². The predicted octanol–water partition coefficient (Wildman–Crippen LogP) is 1.05. The highest BCUT2D eigenvalue weighted by Gasteiger charge is 2.27. The van der Waals surface area contributed by atoms with Gasteiger partial charge in [0.25, 0.3) is 5.91 Å². The molecule has 0 bridgehead atoms. The Morgan fingerprint density at radius 2 is 2.19 bits per heavy atom. The van der Waals surface area contributed by atoms with Crippen molar-refractivity contribution in [3.63, 3.8) is 0 Å². The molecular formula is C19H25N5O2. The van der Waals surface area contributed by atoms with Gasteiger partial charge in [-0.25, -0.2) is 4.98 Å². The first-order valence-electron chi connectivity index (χ1n) is 9.44. The van der Waals surface area contributed by atoms with E-state index in [-0.39, 0.29) is 17.9 Å². The third-order valence-corrected chi connectivity index (χ3v) is 5.38. The number of hydrogen-bond donors (Lipinski definition) is 2. The number of aromatic nitrogens is 2. The van der Waals surface area contributed by atoms with E-state index < -0.39 is 0 Å². The quantitative estimate of drug-likeness (QED) is 0.859. The van der Waals surface area contributed by atoms with Gasteiger partial charge in [0.1, 0.15) is 5.65 Å². The molecule has 0 radical (unpaired) electrons. The first-order valence-corrected chi connectivity index (χ1v) is 9.44. The molecule has 2 unspecified atom stereocenters. The molecule has 7 heteroatoms. The zero-order valence-corrected chi connectivity index (χ0v) is 14.9. The standard InChI is InChI=1S/C19H25N5O2/c25-18(16-4-1-7-20-16)22-11-14-3-2-9-24(12-14)19(26)15-5-6-17-21-8-10-23(17)13-15/h5-6,8,10,13-14,16,20H,1-4,7,9,11-12H2,(H,22,25). The van der Waals surface area contributed by atoms with E-state index in [1.807, 2.05) is 33.8 Å². The minimum absolute atomic E-state index is 0.0433. The smallest absolute Gasteiger partial charge is 0.255 e. The number of likely N-dealkylation sites (tertiary alicyclic amines) is 1. The van der Waals surface area contributed by atoms with Gasteiger partial charge in [0.05, 0.1) is 11.6 Å². The summed E-state index contributed by atoms with van der Waals surface area (Å²) >= 11 is 0. The first-order chi connectivity index (χ1) is 12.7. The molecule has 26 heavy (non-hydrogen) atoms. The van der Waals surface area contributed by atoms with Crippen LogP contribution in [-0.4, -0.2) is 58.3 Å². The van der Waals surface area contributed by atoms with E-state index >= 15 is 0 Å². The third-order valence-electron chi connectivity index (χ3n) is 5.38. The van der Waals surface area contributed by atoms with E-state index in [9.17, 15) is 9.59 Å². The van der Waals surface area contributed by atoms with Crippen molar-refractivity contribution in [3.05, 3.63) is 36.3 Å². The number of carbonyl (C=O) groups is 2. The lowest BCUT2D eigenvalue weighted by Crippen LogP contribution is -2.46. The van der Waals surface area contributed by atoms with Gasteiger partial charge in [-0.1, -0.05) is 0 Å². The zero-order chi connectivity index (χ0) is 17.9. The molecule has 2 aromatic heterocycles. The molecule has 0 aliphatic carbocycles. The van der Waals surface area contributed by atoms with E-state index in [1.165, 1.54) is 0 Å². The highest BCUT2D eigenvalue weighted by atomic mass is 16.2. The van der Waals surface area contributed by atoms with Crippen molar-refractivity contribution < 1.29 is 9.59 Å². The molecule has 4 heterocycles. The number of hydrogen-bond acceptors (Lipinski definition) is 4. The van der Waals surface area contributed by atoms with E-state index in [0.29, 0.717) is 24.6 Å². The normalized spacial score (nSPS) is 23.3. The molecule has 7 nitrogen and oxygen atoms in total. The molecule has 2 aliphatic rings. The summed E-state index contributed by atoms with van der Waals surface area (Å²) < 4.78 is 1.86. The summed E-state index contributed by atoms with van der Waals surface area (Å²) in [6.45, 7) is 3.03. The fourth-order valence-corrected chi connectivity index (χ4v) is 3.92. The molecule has 0 aromatic carbocycles. The Balaban J connectivity index is 1.35. The lowest BCUT2D eigenvalue weighted by Gasteiger charge is -2.33. The first kappa shape index (κ1) is 17.0. The Morgan fingerprint density at radius 3 is 3.04 bits per heavy atom. The number of piperidine rings is 1. The number of imidazole rings is 1. The third kappa shape index (κ3) is 3.58. The lowest BCUT2D eigenvalue weighted by molar-refractivity contribution is -0.123. The Labute approximate surface area is 152 Å². The fourth-order valence-electron chi connectivity index (χ4n) is 3.92. The highest BCUT2D eigenvalue weighted by molar-refractivity contribution is 5.94. The molecule has 2 fully saturated rings. The van der Waals surface area contributed by atoms with Crippen LogP contribution in [0.1, 0.15) is 36.0 Å². The van der Waals surface area contributed by atoms with Gasteiger partial charge in [0.15, 0.2) is 0 Å². The van der Waals surface area contributed by atoms with E-state index in [4.69, 9.17) is 0 Å². The van der Waals surface area contributed by atoms with Crippen molar-refractivity contribution in [2.24, 2.45) is 5.92 Å². The van der Waals surface area contributed by atoms with Crippen LogP contribution in [0.3, 0.4) is 0 Å². The van der Waals surface area contributed by atoms with Crippen LogP contribution in [0.5, 0.6) is 0 Å². The van der Waals surface area contributed by atoms with Gasteiger partial charge in [-0.15, -0.1) is 0 Å². The summed E-state index contributed by atoms with van der Waals surface area (Å²) in [7, 11) is 0. The van der Waals surface area contributed by atoms with Crippen molar-refractivity contribution in [1.82, 2.24) is 24.9 Å². The molecule has 2 atom stereocenters. The summed E-state index contributed by atoms with van der Waals surface area (Å²) in [5, 5.41) is 6.28. The Morgan fingerprint density at radius 1 is 1.27 bits per heavy atom. The van der Waals surface area contributed by atoms with E-state index in [1.54, 1.807) is 6.20 Å². The maximum absolute atomic E-state index is 12.9. The maximum Gasteiger partial charge on any atom is 0.255 e. The second kappa shape index (κ2) is 7.45. The number of amides is 2. The minimum atomic E-state index is -0.0433. The molecule has 2 aromatic rings. The summed E-state index contributed by atoms with van der Waals surface area (Å²) in [5.41, 5.74) is 1.51. The van der Waals surface area contributed by atoms with E-state index in [0.717, 1.165) is 44.4 Å². The predicted molar refractivity (Wildman–Crippen MR) is 97.9 cm³/mol. The van der Waals surface area contributed by atoms with Gasteiger partial charge >= 0.3 is 0 Å². The fraction of sp³-hybridized carbons (Fsp3) is 0.526. The van der Waals surface area contributed by atoms with Crippen molar-refractivity contribution in [1.29, 1.82) is 0 Å². The van der Waals surface area contributed by atoms with Crippen LogP contribution < -0.4 is 10.6 Å². The Hall–Kier alpha value is -2.41. The van der Waals surface area contributed by atoms with Crippen molar-refractivity contribution in [3.8, 4) is 0 Å². The molecule has 2 aliphatic heterocycles. The Kier molecular flexibility index (Phi) is 4.88. The molecule has 0 saturated carbocycles. The van der Waals surface area contributed by atoms with Crippen LogP contribution in [-0.2, 0) is 4.79 Å². The summed E-state index contributed by atoms with van der Waals surface area (Å²) in [5.74, 6) is 0.459. The number of carbonyl (C=O) groups excluding carboxylic acids is 2. The molecule has 4 rings (SSSR count). The summed E-state index contributed by atoms with van der Waals surface area (Å²) in [4.78, 5) is 31.1. The largest absolute Gasteiger partial charge is 0.354 e. The molecular weight excluding hydrogens is 330 g/mol. The van der Waals surface area contributed by atoms with Gasteiger partial charge in [-0.2, -0.15) is 0 Å². The van der Waals surface area contributed by atoms with Crippen molar-refractivity contribution in [2.45, 2.75) is 31.7 Å². The second-order valence-electron chi connectivity index (χ2n) is 7.26. The summed E-state index contributed by atoms with van der Waals surface area (Å²) in [6, 6.07) is 3.66. The van der Waals surface area contributed by atoms with Crippen LogP contribution in [0.4, 0.5) is 0 Å². The van der Waals surface area contributed by atoms with Crippen molar-refractivity contribution >= 4 is 17.5 Å². The van der Waals surface area contributed by atoms with Crippen LogP contribution in [0.2, 0.25) is 0 Å². The van der Waals surface area contributed by atoms with Gasteiger partial charge in [0, 0.05) is 38.2 Å². The average molecular weight is 355 g/mol. The van der Waals surface area contributed by atoms with Crippen molar-refractivity contribution in [2.75, 3.05) is 26.2 Å². The number of nitrogens with one attached hydrogen (secondary N) is 2. The Bertz CT molecular complexity index is 796. The average Bonchev–Trinajstić information content (AvgIpc) is 3.36. The van der Waals surface area contributed by atoms with Crippen LogP contribution in [0.15, 0.2) is 30.7 Å². The molecule has 2 amide bonds. The van der Waals surface area contributed by atoms with Gasteiger partial charge in [-0.3, -0.25) is 9.59 Å². The molecule has 0 spiro atoms. The monoisotopic (exact) mass is 355 g/mol. The topological polar surface area (TPSA) is 78.7 Å². The van der Waals surface area contributed by atoms with Crippen LogP contribution >= 0.6 is 0 Å². The summed E-state index contributed by atoms with van der Waals surface area (Å²) in [6.07, 6.45) is 9.40. The second-order valence-corrected chi connectivity index (χ2v) is 7.26. The maximum atomic E-state index is 12.9. The molecule has 2 saturated heterocycles.